The molecule has 28 heavy (non-hydrogen) atoms. The minimum Gasteiger partial charge on any atom is -0.455 e. The van der Waals surface area contributed by atoms with E-state index in [1.165, 1.54) is 29.2 Å². The van der Waals surface area contributed by atoms with Gasteiger partial charge in [0.1, 0.15) is 5.82 Å². The van der Waals surface area contributed by atoms with Gasteiger partial charge in [-0.05, 0) is 35.9 Å². The predicted octanol–water partition coefficient (Wildman–Crippen LogP) is 3.34. The highest BCUT2D eigenvalue weighted by molar-refractivity contribution is 5.95. The van der Waals surface area contributed by atoms with Crippen LogP contribution in [0.25, 0.3) is 10.9 Å². The van der Waals surface area contributed by atoms with Crippen molar-refractivity contribution in [2.45, 2.75) is 12.8 Å². The van der Waals surface area contributed by atoms with E-state index >= 15 is 0 Å². The number of carbonyl (C=O) groups excluding carboxylic acids is 2. The first-order valence-electron chi connectivity index (χ1n) is 8.72. The topological polar surface area (TPSA) is 86.2 Å². The number of fused-ring (bicyclic) bond motifs is 1. The van der Waals surface area contributed by atoms with Gasteiger partial charge < -0.3 is 14.6 Å². The van der Waals surface area contributed by atoms with Gasteiger partial charge in [0, 0.05) is 29.3 Å². The third-order valence-electron chi connectivity index (χ3n) is 4.25. The average molecular weight is 379 g/mol. The Morgan fingerprint density at radius 3 is 2.64 bits per heavy atom. The number of ether oxygens (including phenoxy) is 1. The Morgan fingerprint density at radius 1 is 1.14 bits per heavy atom. The quantitative estimate of drug-likeness (QED) is 0.638. The Morgan fingerprint density at radius 2 is 1.89 bits per heavy atom. The standard InChI is InChI=1S/C21H18FN3O3/c22-16-6-8-17(9-7-16)25(11-3-10-23)20(26)14-28-21(27)12-15-13-24-19-5-2-1-4-18(15)19/h1-2,4-9,13,24H,3,11-12,14H2. The monoisotopic (exact) mass is 379 g/mol. The van der Waals surface area contributed by atoms with E-state index < -0.39 is 24.3 Å². The number of anilines is 1. The van der Waals surface area contributed by atoms with Gasteiger partial charge in [0.05, 0.1) is 18.9 Å². The molecule has 2 aromatic carbocycles. The zero-order chi connectivity index (χ0) is 19.9. The number of amides is 1. The smallest absolute Gasteiger partial charge is 0.310 e. The minimum atomic E-state index is -0.530. The molecule has 0 saturated heterocycles. The summed E-state index contributed by atoms with van der Waals surface area (Å²) in [5.41, 5.74) is 2.14. The number of rotatable bonds is 7. The molecule has 6 nitrogen and oxygen atoms in total. The van der Waals surface area contributed by atoms with Crippen LogP contribution >= 0.6 is 0 Å². The Hall–Kier alpha value is -3.66. The van der Waals surface area contributed by atoms with Gasteiger partial charge in [-0.3, -0.25) is 9.59 Å². The molecule has 1 N–H and O–H groups in total. The highest BCUT2D eigenvalue weighted by atomic mass is 19.1. The number of carbonyl (C=O) groups is 2. The minimum absolute atomic E-state index is 0.0338. The molecular weight excluding hydrogens is 361 g/mol. The molecule has 0 saturated carbocycles. The van der Waals surface area contributed by atoms with Crippen LogP contribution in [0.4, 0.5) is 10.1 Å². The zero-order valence-corrected chi connectivity index (χ0v) is 15.0. The lowest BCUT2D eigenvalue weighted by Gasteiger charge is -2.21. The first-order chi connectivity index (χ1) is 13.6. The van der Waals surface area contributed by atoms with E-state index in [0.717, 1.165) is 16.5 Å². The molecule has 1 aromatic heterocycles. The van der Waals surface area contributed by atoms with Crippen LogP contribution in [0.1, 0.15) is 12.0 Å². The fourth-order valence-corrected chi connectivity index (χ4v) is 2.89. The van der Waals surface area contributed by atoms with Gasteiger partial charge in [0.25, 0.3) is 5.91 Å². The van der Waals surface area contributed by atoms with Gasteiger partial charge in [-0.1, -0.05) is 18.2 Å². The zero-order valence-electron chi connectivity index (χ0n) is 15.0. The molecule has 0 aliphatic carbocycles. The molecular formula is C21H18FN3O3. The van der Waals surface area contributed by atoms with Crippen LogP contribution in [-0.4, -0.2) is 30.0 Å². The number of H-pyrrole nitrogens is 1. The van der Waals surface area contributed by atoms with E-state index in [4.69, 9.17) is 10.00 Å². The SMILES string of the molecule is N#CCCN(C(=O)COC(=O)Cc1c[nH]c2ccccc12)c1ccc(F)cc1. The van der Waals surface area contributed by atoms with E-state index in [1.807, 2.05) is 30.3 Å². The largest absolute Gasteiger partial charge is 0.455 e. The Labute approximate surface area is 161 Å². The normalized spacial score (nSPS) is 10.4. The lowest BCUT2D eigenvalue weighted by Crippen LogP contribution is -2.35. The Balaban J connectivity index is 1.62. The number of aromatic amines is 1. The molecule has 0 spiro atoms. The third kappa shape index (κ3) is 4.54. The number of benzene rings is 2. The van der Waals surface area contributed by atoms with Crippen molar-refractivity contribution in [3.05, 3.63) is 66.1 Å². The van der Waals surface area contributed by atoms with Crippen molar-refractivity contribution in [3.63, 3.8) is 0 Å². The molecule has 0 radical (unpaired) electrons. The Kier molecular flexibility index (Phi) is 6.02. The van der Waals surface area contributed by atoms with Crippen molar-refractivity contribution in [3.8, 4) is 6.07 Å². The maximum absolute atomic E-state index is 13.1. The van der Waals surface area contributed by atoms with Gasteiger partial charge in [-0.2, -0.15) is 5.26 Å². The van der Waals surface area contributed by atoms with Gasteiger partial charge in [0.15, 0.2) is 6.61 Å². The number of nitriles is 1. The molecule has 0 fully saturated rings. The van der Waals surface area contributed by atoms with Gasteiger partial charge >= 0.3 is 5.97 Å². The lowest BCUT2D eigenvalue weighted by atomic mass is 10.1. The summed E-state index contributed by atoms with van der Waals surface area (Å²) in [7, 11) is 0. The molecule has 0 atom stereocenters. The lowest BCUT2D eigenvalue weighted by molar-refractivity contribution is -0.147. The van der Waals surface area contributed by atoms with E-state index in [1.54, 1.807) is 6.20 Å². The second-order valence-electron chi connectivity index (χ2n) is 6.13. The van der Waals surface area contributed by atoms with Crippen molar-refractivity contribution in [1.29, 1.82) is 5.26 Å². The molecule has 3 rings (SSSR count). The van der Waals surface area contributed by atoms with Crippen LogP contribution in [0.5, 0.6) is 0 Å². The van der Waals surface area contributed by atoms with Crippen molar-refractivity contribution >= 4 is 28.5 Å². The second-order valence-corrected chi connectivity index (χ2v) is 6.13. The fourth-order valence-electron chi connectivity index (χ4n) is 2.89. The molecule has 1 heterocycles. The van der Waals surface area contributed by atoms with E-state index in [0.29, 0.717) is 5.69 Å². The Bertz CT molecular complexity index is 1020. The fraction of sp³-hybridized carbons (Fsp3) is 0.190. The van der Waals surface area contributed by atoms with Gasteiger partial charge in [-0.25, -0.2) is 4.39 Å². The third-order valence-corrected chi connectivity index (χ3v) is 4.25. The van der Waals surface area contributed by atoms with Crippen LogP contribution in [0.2, 0.25) is 0 Å². The number of nitrogens with zero attached hydrogens (tertiary/aromatic N) is 2. The highest BCUT2D eigenvalue weighted by Gasteiger charge is 2.18. The maximum atomic E-state index is 13.1. The summed E-state index contributed by atoms with van der Waals surface area (Å²) >= 11 is 0. The van der Waals surface area contributed by atoms with E-state index in [2.05, 4.69) is 4.98 Å². The van der Waals surface area contributed by atoms with E-state index in [9.17, 15) is 14.0 Å². The van der Waals surface area contributed by atoms with Crippen LogP contribution in [0.15, 0.2) is 54.7 Å². The maximum Gasteiger partial charge on any atom is 0.310 e. The summed E-state index contributed by atoms with van der Waals surface area (Å²) in [4.78, 5) is 29.0. The van der Waals surface area contributed by atoms with Crippen molar-refractivity contribution in [2.24, 2.45) is 0 Å². The average Bonchev–Trinajstić information content (AvgIpc) is 3.11. The highest BCUT2D eigenvalue weighted by Crippen LogP contribution is 2.19. The number of esters is 1. The number of halogens is 1. The number of hydrogen-bond acceptors (Lipinski definition) is 4. The summed E-state index contributed by atoms with van der Waals surface area (Å²) in [5, 5.41) is 9.72. The number of aromatic nitrogens is 1. The number of hydrogen-bond donors (Lipinski definition) is 1. The summed E-state index contributed by atoms with van der Waals surface area (Å²) < 4.78 is 18.3. The molecule has 3 aromatic rings. The first-order valence-corrected chi connectivity index (χ1v) is 8.72. The van der Waals surface area contributed by atoms with Crippen molar-refractivity contribution < 1.29 is 18.7 Å². The molecule has 142 valence electrons. The van der Waals surface area contributed by atoms with E-state index in [-0.39, 0.29) is 19.4 Å². The molecule has 0 bridgehead atoms. The summed E-state index contributed by atoms with van der Waals surface area (Å²) in [6, 6.07) is 14.9. The number of para-hydroxylation sites is 1. The van der Waals surface area contributed by atoms with Gasteiger partial charge in [0.2, 0.25) is 0 Å². The summed E-state index contributed by atoms with van der Waals surface area (Å²) in [6.45, 7) is -0.328. The van der Waals surface area contributed by atoms with Crippen molar-refractivity contribution in [1.82, 2.24) is 4.98 Å². The second kappa shape index (κ2) is 8.82. The van der Waals surface area contributed by atoms with Crippen molar-refractivity contribution in [2.75, 3.05) is 18.1 Å². The molecule has 0 aliphatic heterocycles. The van der Waals surface area contributed by atoms with Gasteiger partial charge in [-0.15, -0.1) is 0 Å². The molecule has 0 unspecified atom stereocenters. The number of nitrogens with one attached hydrogen (secondary N) is 1. The molecule has 7 heteroatoms. The summed E-state index contributed by atoms with van der Waals surface area (Å²) in [5.74, 6) is -1.44. The summed E-state index contributed by atoms with van der Waals surface area (Å²) in [6.07, 6.45) is 1.88. The van der Waals surface area contributed by atoms with Crippen LogP contribution < -0.4 is 4.90 Å². The van der Waals surface area contributed by atoms with Crippen LogP contribution in [-0.2, 0) is 20.7 Å². The molecule has 0 aliphatic rings. The molecule has 1 amide bonds. The van der Waals surface area contributed by atoms with Crippen LogP contribution in [0.3, 0.4) is 0 Å². The predicted molar refractivity (Wildman–Crippen MR) is 102 cm³/mol. The van der Waals surface area contributed by atoms with Crippen LogP contribution in [0, 0.1) is 17.1 Å². The first kappa shape index (κ1) is 19.1.